The highest BCUT2D eigenvalue weighted by Crippen LogP contribution is 2.26. The van der Waals surface area contributed by atoms with E-state index in [0.717, 1.165) is 41.6 Å². The molecular formula is C21H18N2O. The summed E-state index contributed by atoms with van der Waals surface area (Å²) in [7, 11) is 0. The maximum absolute atomic E-state index is 12.6. The molecule has 0 saturated carbocycles. The Bertz CT molecular complexity index is 906. The van der Waals surface area contributed by atoms with Crippen molar-refractivity contribution in [1.29, 1.82) is 0 Å². The summed E-state index contributed by atoms with van der Waals surface area (Å²) in [6.07, 6.45) is 7.51. The van der Waals surface area contributed by atoms with E-state index >= 15 is 0 Å². The molecule has 24 heavy (non-hydrogen) atoms. The lowest BCUT2D eigenvalue weighted by Gasteiger charge is -2.16. The van der Waals surface area contributed by atoms with Crippen molar-refractivity contribution in [1.82, 2.24) is 9.78 Å². The fourth-order valence-corrected chi connectivity index (χ4v) is 3.17. The van der Waals surface area contributed by atoms with E-state index in [0.29, 0.717) is 0 Å². The molecule has 0 bridgehead atoms. The van der Waals surface area contributed by atoms with Gasteiger partial charge in [-0.3, -0.25) is 9.48 Å². The van der Waals surface area contributed by atoms with Crippen LogP contribution in [0.25, 0.3) is 6.08 Å². The molecule has 0 amide bonds. The molecular weight excluding hydrogens is 296 g/mol. The molecule has 0 atom stereocenters. The fourth-order valence-electron chi connectivity index (χ4n) is 3.17. The number of allylic oxidation sites excluding steroid dienone is 1. The smallest absolute Gasteiger partial charge is 0.189 e. The van der Waals surface area contributed by atoms with Gasteiger partial charge in [-0.2, -0.15) is 5.10 Å². The molecule has 4 rings (SSSR count). The first-order valence-corrected chi connectivity index (χ1v) is 8.19. The van der Waals surface area contributed by atoms with Crippen molar-refractivity contribution in [3.8, 4) is 0 Å². The zero-order chi connectivity index (χ0) is 16.4. The second-order valence-electron chi connectivity index (χ2n) is 6.11. The van der Waals surface area contributed by atoms with Gasteiger partial charge in [-0.05, 0) is 30.0 Å². The maximum atomic E-state index is 12.6. The van der Waals surface area contributed by atoms with Gasteiger partial charge in [-0.25, -0.2) is 0 Å². The lowest BCUT2D eigenvalue weighted by atomic mass is 9.86. The minimum atomic E-state index is 0.146. The zero-order valence-corrected chi connectivity index (χ0v) is 13.4. The average molecular weight is 314 g/mol. The largest absolute Gasteiger partial charge is 0.289 e. The highest BCUT2D eigenvalue weighted by atomic mass is 16.1. The summed E-state index contributed by atoms with van der Waals surface area (Å²) in [5.74, 6) is 0.146. The third-order valence-corrected chi connectivity index (χ3v) is 4.40. The predicted octanol–water partition coefficient (Wildman–Crippen LogP) is 4.14. The van der Waals surface area contributed by atoms with Gasteiger partial charge in [0.15, 0.2) is 5.78 Å². The fraction of sp³-hybridized carbons (Fsp3) is 0.143. The summed E-state index contributed by atoms with van der Waals surface area (Å²) in [5, 5.41) is 4.41. The van der Waals surface area contributed by atoms with Crippen LogP contribution in [0.15, 0.2) is 72.6 Å². The van der Waals surface area contributed by atoms with Crippen LogP contribution in [0.2, 0.25) is 0 Å². The van der Waals surface area contributed by atoms with Gasteiger partial charge in [0, 0.05) is 22.9 Å². The van der Waals surface area contributed by atoms with Crippen LogP contribution in [0.1, 0.15) is 33.5 Å². The standard InChI is InChI=1S/C21H18N2O/c24-21-19(11-10-18-8-4-5-9-20(18)21)12-17-13-22-23(15-17)14-16-6-2-1-3-7-16/h1-9,12-13,15H,10-11,14H2/b19-12+. The Balaban J connectivity index is 1.55. The van der Waals surface area contributed by atoms with E-state index in [4.69, 9.17) is 0 Å². The Morgan fingerprint density at radius 1 is 1.00 bits per heavy atom. The maximum Gasteiger partial charge on any atom is 0.189 e. The highest BCUT2D eigenvalue weighted by molar-refractivity contribution is 6.13. The van der Waals surface area contributed by atoms with Crippen LogP contribution < -0.4 is 0 Å². The Hall–Kier alpha value is -2.94. The SMILES string of the molecule is O=C1/C(=C/c2cnn(Cc3ccccc3)c2)CCc2ccccc21. The van der Waals surface area contributed by atoms with Crippen LogP contribution >= 0.6 is 0 Å². The Morgan fingerprint density at radius 2 is 1.79 bits per heavy atom. The molecule has 0 N–H and O–H groups in total. The van der Waals surface area contributed by atoms with Crippen LogP contribution in [-0.4, -0.2) is 15.6 Å². The molecule has 1 aliphatic rings. The molecule has 3 nitrogen and oxygen atoms in total. The molecule has 1 aromatic heterocycles. The first kappa shape index (κ1) is 14.6. The highest BCUT2D eigenvalue weighted by Gasteiger charge is 2.21. The average Bonchev–Trinajstić information content (AvgIpc) is 3.05. The number of benzene rings is 2. The third kappa shape index (κ3) is 2.93. The third-order valence-electron chi connectivity index (χ3n) is 4.40. The quantitative estimate of drug-likeness (QED) is 0.681. The van der Waals surface area contributed by atoms with E-state index in [1.165, 1.54) is 5.56 Å². The van der Waals surface area contributed by atoms with E-state index in [1.54, 1.807) is 0 Å². The van der Waals surface area contributed by atoms with E-state index in [-0.39, 0.29) is 5.78 Å². The summed E-state index contributed by atoms with van der Waals surface area (Å²) < 4.78 is 1.91. The van der Waals surface area contributed by atoms with E-state index in [2.05, 4.69) is 17.2 Å². The molecule has 0 saturated heterocycles. The van der Waals surface area contributed by atoms with Crippen molar-refractivity contribution in [2.45, 2.75) is 19.4 Å². The summed E-state index contributed by atoms with van der Waals surface area (Å²) in [5.41, 5.74) is 5.05. The van der Waals surface area contributed by atoms with Gasteiger partial charge in [0.2, 0.25) is 0 Å². The van der Waals surface area contributed by atoms with E-state index in [1.807, 2.05) is 65.6 Å². The number of rotatable bonds is 3. The minimum absolute atomic E-state index is 0.146. The van der Waals surface area contributed by atoms with Crippen molar-refractivity contribution in [3.05, 3.63) is 94.8 Å². The molecule has 1 heterocycles. The molecule has 0 fully saturated rings. The van der Waals surface area contributed by atoms with Crippen molar-refractivity contribution in [3.63, 3.8) is 0 Å². The first-order chi connectivity index (χ1) is 11.8. The van der Waals surface area contributed by atoms with Crippen LogP contribution in [0.4, 0.5) is 0 Å². The number of Topliss-reactive ketones (excluding diaryl/α,β-unsaturated/α-hetero) is 1. The molecule has 118 valence electrons. The van der Waals surface area contributed by atoms with Gasteiger partial charge >= 0.3 is 0 Å². The number of aromatic nitrogens is 2. The Morgan fingerprint density at radius 3 is 2.67 bits per heavy atom. The van der Waals surface area contributed by atoms with Gasteiger partial charge in [-0.15, -0.1) is 0 Å². The number of hydrogen-bond acceptors (Lipinski definition) is 2. The number of carbonyl (C=O) groups is 1. The number of fused-ring (bicyclic) bond motifs is 1. The molecule has 0 spiro atoms. The van der Waals surface area contributed by atoms with E-state index < -0.39 is 0 Å². The second-order valence-corrected chi connectivity index (χ2v) is 6.11. The van der Waals surface area contributed by atoms with Gasteiger partial charge in [0.25, 0.3) is 0 Å². The molecule has 0 unspecified atom stereocenters. The lowest BCUT2D eigenvalue weighted by Crippen LogP contribution is -2.13. The van der Waals surface area contributed by atoms with Crippen LogP contribution in [0, 0.1) is 0 Å². The molecule has 3 aromatic rings. The molecule has 3 heteroatoms. The minimum Gasteiger partial charge on any atom is -0.289 e. The summed E-state index contributed by atoms with van der Waals surface area (Å²) in [4.78, 5) is 12.6. The number of nitrogens with zero attached hydrogens (tertiary/aromatic N) is 2. The lowest BCUT2D eigenvalue weighted by molar-refractivity contribution is 0.102. The normalized spacial score (nSPS) is 15.5. The number of ketones is 1. The van der Waals surface area contributed by atoms with E-state index in [9.17, 15) is 4.79 Å². The molecule has 1 aliphatic carbocycles. The van der Waals surface area contributed by atoms with Crippen molar-refractivity contribution < 1.29 is 4.79 Å². The topological polar surface area (TPSA) is 34.9 Å². The van der Waals surface area contributed by atoms with Gasteiger partial charge in [-0.1, -0.05) is 54.6 Å². The van der Waals surface area contributed by atoms with Crippen molar-refractivity contribution in [2.24, 2.45) is 0 Å². The monoisotopic (exact) mass is 314 g/mol. The molecule has 0 aliphatic heterocycles. The summed E-state index contributed by atoms with van der Waals surface area (Å²) in [6.45, 7) is 0.737. The number of carbonyl (C=O) groups excluding carboxylic acids is 1. The van der Waals surface area contributed by atoms with Crippen LogP contribution in [-0.2, 0) is 13.0 Å². The van der Waals surface area contributed by atoms with Crippen molar-refractivity contribution >= 4 is 11.9 Å². The van der Waals surface area contributed by atoms with Crippen LogP contribution in [0.5, 0.6) is 0 Å². The second kappa shape index (κ2) is 6.28. The predicted molar refractivity (Wildman–Crippen MR) is 94.8 cm³/mol. The zero-order valence-electron chi connectivity index (χ0n) is 13.4. The Labute approximate surface area is 141 Å². The van der Waals surface area contributed by atoms with Gasteiger partial charge in [0.1, 0.15) is 0 Å². The Kier molecular flexibility index (Phi) is 3.83. The van der Waals surface area contributed by atoms with Gasteiger partial charge in [0.05, 0.1) is 12.7 Å². The molecule has 0 radical (unpaired) electrons. The van der Waals surface area contributed by atoms with Crippen LogP contribution in [0.3, 0.4) is 0 Å². The number of aryl methyl sites for hydroxylation is 1. The first-order valence-electron chi connectivity index (χ1n) is 8.19. The van der Waals surface area contributed by atoms with Gasteiger partial charge < -0.3 is 0 Å². The summed E-state index contributed by atoms with van der Waals surface area (Å²) in [6, 6.07) is 18.1. The summed E-state index contributed by atoms with van der Waals surface area (Å²) >= 11 is 0. The van der Waals surface area contributed by atoms with Crippen molar-refractivity contribution in [2.75, 3.05) is 0 Å². The number of hydrogen-bond donors (Lipinski definition) is 0. The molecule has 2 aromatic carbocycles.